The van der Waals surface area contributed by atoms with Crippen LogP contribution in [0.4, 0.5) is 0 Å². The van der Waals surface area contributed by atoms with E-state index in [0.717, 1.165) is 0 Å². The summed E-state index contributed by atoms with van der Waals surface area (Å²) >= 11 is 0. The molecule has 0 heterocycles. The molecule has 0 spiro atoms. The van der Waals surface area contributed by atoms with Gasteiger partial charge in [0.2, 0.25) is 10.4 Å². The number of hydrogen-bond acceptors (Lipinski definition) is 4. The van der Waals surface area contributed by atoms with Gasteiger partial charge in [0.1, 0.15) is 0 Å². The van der Waals surface area contributed by atoms with E-state index in [0.29, 0.717) is 6.42 Å². The molecule has 0 aliphatic rings. The van der Waals surface area contributed by atoms with Crippen LogP contribution in [0, 0.1) is 0 Å². The standard InChI is InChI=1S/C4H10O4S/c1-3-4(2)8-9(5,6)7/h4H,3H2,1-2H3,(H,5,6,7)/p-1. The Bertz CT molecular complexity index is 159. The van der Waals surface area contributed by atoms with Crippen LogP contribution < -0.4 is 0 Å². The third-order valence-corrected chi connectivity index (χ3v) is 1.42. The lowest BCUT2D eigenvalue weighted by Crippen LogP contribution is -2.13. The van der Waals surface area contributed by atoms with Crippen LogP contribution >= 0.6 is 0 Å². The normalized spacial score (nSPS) is 15.4. The predicted octanol–water partition coefficient (Wildman–Crippen LogP) is 0.262. The van der Waals surface area contributed by atoms with E-state index in [1.165, 1.54) is 6.92 Å². The van der Waals surface area contributed by atoms with Crippen LogP contribution in [-0.4, -0.2) is 19.1 Å². The third kappa shape index (κ3) is 5.75. The lowest BCUT2D eigenvalue weighted by atomic mass is 10.3. The highest BCUT2D eigenvalue weighted by atomic mass is 32.3. The van der Waals surface area contributed by atoms with Gasteiger partial charge in [-0.15, -0.1) is 0 Å². The molecule has 0 rings (SSSR count). The maximum absolute atomic E-state index is 9.82. The van der Waals surface area contributed by atoms with E-state index in [9.17, 15) is 13.0 Å². The Hall–Kier alpha value is -0.130. The molecule has 0 aliphatic carbocycles. The van der Waals surface area contributed by atoms with Gasteiger partial charge in [0.05, 0.1) is 6.10 Å². The van der Waals surface area contributed by atoms with Crippen molar-refractivity contribution in [3.63, 3.8) is 0 Å². The Balaban J connectivity index is 3.75. The molecule has 0 saturated heterocycles. The summed E-state index contributed by atoms with van der Waals surface area (Å²) in [6, 6.07) is 0. The first-order chi connectivity index (χ1) is 3.95. The van der Waals surface area contributed by atoms with E-state index in [-0.39, 0.29) is 0 Å². The molecule has 1 unspecified atom stereocenters. The van der Waals surface area contributed by atoms with Gasteiger partial charge in [-0.05, 0) is 13.3 Å². The zero-order chi connectivity index (χ0) is 7.49. The van der Waals surface area contributed by atoms with Crippen LogP contribution in [0.3, 0.4) is 0 Å². The van der Waals surface area contributed by atoms with Crippen LogP contribution in [0.15, 0.2) is 0 Å². The smallest absolute Gasteiger partial charge is 0.217 e. The minimum Gasteiger partial charge on any atom is -0.726 e. The highest BCUT2D eigenvalue weighted by Gasteiger charge is 2.01. The van der Waals surface area contributed by atoms with Crippen molar-refractivity contribution in [2.75, 3.05) is 0 Å². The molecule has 56 valence electrons. The summed E-state index contributed by atoms with van der Waals surface area (Å²) in [7, 11) is -4.49. The molecule has 0 saturated carbocycles. The Morgan fingerprint density at radius 3 is 2.22 bits per heavy atom. The molecule has 0 bridgehead atoms. The monoisotopic (exact) mass is 153 g/mol. The molecule has 0 aromatic heterocycles. The maximum atomic E-state index is 9.82. The number of rotatable bonds is 3. The molecular weight excluding hydrogens is 144 g/mol. The van der Waals surface area contributed by atoms with Gasteiger partial charge in [-0.2, -0.15) is 0 Å². The Kier molecular flexibility index (Phi) is 3.10. The molecule has 0 N–H and O–H groups in total. The van der Waals surface area contributed by atoms with Crippen LogP contribution in [0.1, 0.15) is 20.3 Å². The average molecular weight is 153 g/mol. The molecule has 0 radical (unpaired) electrons. The fourth-order valence-corrected chi connectivity index (χ4v) is 0.808. The first kappa shape index (κ1) is 8.87. The zero-order valence-corrected chi connectivity index (χ0v) is 6.14. The summed E-state index contributed by atoms with van der Waals surface area (Å²) in [6.45, 7) is 3.26. The van der Waals surface area contributed by atoms with Crippen molar-refractivity contribution in [1.29, 1.82) is 0 Å². The van der Waals surface area contributed by atoms with E-state index in [1.54, 1.807) is 6.92 Å². The largest absolute Gasteiger partial charge is 0.726 e. The second-order valence-corrected chi connectivity index (χ2v) is 2.73. The molecule has 1 atom stereocenters. The van der Waals surface area contributed by atoms with E-state index >= 15 is 0 Å². The molecule has 0 aromatic rings. The minimum absolute atomic E-state index is 0.507. The van der Waals surface area contributed by atoms with Gasteiger partial charge < -0.3 is 4.55 Å². The Morgan fingerprint density at radius 1 is 1.67 bits per heavy atom. The second-order valence-electron chi connectivity index (χ2n) is 1.72. The van der Waals surface area contributed by atoms with Gasteiger partial charge in [-0.25, -0.2) is 8.42 Å². The highest BCUT2D eigenvalue weighted by molar-refractivity contribution is 7.80. The summed E-state index contributed by atoms with van der Waals surface area (Å²) in [5, 5.41) is 0. The van der Waals surface area contributed by atoms with Gasteiger partial charge >= 0.3 is 0 Å². The van der Waals surface area contributed by atoms with E-state index in [2.05, 4.69) is 4.18 Å². The molecule has 0 aromatic carbocycles. The quantitative estimate of drug-likeness (QED) is 0.431. The van der Waals surface area contributed by atoms with Gasteiger partial charge in [0.25, 0.3) is 0 Å². The highest BCUT2D eigenvalue weighted by Crippen LogP contribution is 1.98. The van der Waals surface area contributed by atoms with Crippen molar-refractivity contribution >= 4 is 10.4 Å². The Morgan fingerprint density at radius 2 is 2.11 bits per heavy atom. The maximum Gasteiger partial charge on any atom is 0.217 e. The second kappa shape index (κ2) is 3.14. The average Bonchev–Trinajstić information content (AvgIpc) is 1.62. The first-order valence-electron chi connectivity index (χ1n) is 2.60. The summed E-state index contributed by atoms with van der Waals surface area (Å²) < 4.78 is 33.5. The van der Waals surface area contributed by atoms with Crippen molar-refractivity contribution < 1.29 is 17.2 Å². The fraction of sp³-hybridized carbons (Fsp3) is 1.00. The molecule has 0 fully saturated rings. The SMILES string of the molecule is CCC(C)OS(=O)(=O)[O-]. The molecule has 5 heteroatoms. The van der Waals surface area contributed by atoms with Crippen LogP contribution in [0.5, 0.6) is 0 Å². The third-order valence-electron chi connectivity index (χ3n) is 0.857. The Labute approximate surface area is 54.8 Å². The summed E-state index contributed by atoms with van der Waals surface area (Å²) in [5.41, 5.74) is 0. The van der Waals surface area contributed by atoms with Crippen molar-refractivity contribution in [3.8, 4) is 0 Å². The van der Waals surface area contributed by atoms with Gasteiger partial charge in [0.15, 0.2) is 0 Å². The molecule has 4 nitrogen and oxygen atoms in total. The summed E-state index contributed by atoms with van der Waals surface area (Å²) in [4.78, 5) is 0. The summed E-state index contributed by atoms with van der Waals surface area (Å²) in [6.07, 6.45) is 0.00840. The van der Waals surface area contributed by atoms with Crippen molar-refractivity contribution in [1.82, 2.24) is 0 Å². The molecule has 9 heavy (non-hydrogen) atoms. The van der Waals surface area contributed by atoms with Crippen molar-refractivity contribution in [2.24, 2.45) is 0 Å². The zero-order valence-electron chi connectivity index (χ0n) is 5.33. The molecule has 0 aliphatic heterocycles. The van der Waals surface area contributed by atoms with E-state index in [1.807, 2.05) is 0 Å². The lowest BCUT2D eigenvalue weighted by molar-refractivity contribution is 0.190. The molecular formula is C4H9O4S-. The van der Waals surface area contributed by atoms with Crippen LogP contribution in [-0.2, 0) is 14.6 Å². The predicted molar refractivity (Wildman–Crippen MR) is 30.5 cm³/mol. The van der Waals surface area contributed by atoms with Gasteiger partial charge in [0, 0.05) is 0 Å². The van der Waals surface area contributed by atoms with E-state index in [4.69, 9.17) is 0 Å². The van der Waals surface area contributed by atoms with Crippen molar-refractivity contribution in [3.05, 3.63) is 0 Å². The minimum atomic E-state index is -4.49. The van der Waals surface area contributed by atoms with Crippen molar-refractivity contribution in [2.45, 2.75) is 26.4 Å². The topological polar surface area (TPSA) is 66.4 Å². The van der Waals surface area contributed by atoms with Gasteiger partial charge in [-0.1, -0.05) is 6.92 Å². The van der Waals surface area contributed by atoms with E-state index < -0.39 is 16.5 Å². The lowest BCUT2D eigenvalue weighted by Gasteiger charge is -2.12. The summed E-state index contributed by atoms with van der Waals surface area (Å²) in [5.74, 6) is 0. The molecule has 0 amide bonds. The fourth-order valence-electron chi connectivity index (χ4n) is 0.269. The van der Waals surface area contributed by atoms with Gasteiger partial charge in [-0.3, -0.25) is 4.18 Å². The first-order valence-corrected chi connectivity index (χ1v) is 3.93. The van der Waals surface area contributed by atoms with Crippen LogP contribution in [0.25, 0.3) is 0 Å². The number of hydrogen-bond donors (Lipinski definition) is 0. The van der Waals surface area contributed by atoms with Crippen LogP contribution in [0.2, 0.25) is 0 Å².